The first-order valence-electron chi connectivity index (χ1n) is 6.34. The van der Waals surface area contributed by atoms with E-state index in [0.29, 0.717) is 24.5 Å². The molecule has 1 aromatic rings. The molecule has 1 unspecified atom stereocenters. The summed E-state index contributed by atoms with van der Waals surface area (Å²) in [5.41, 5.74) is 0.537. The molecule has 0 aromatic carbocycles. The molecule has 1 atom stereocenters. The SMILES string of the molecule is CCN(CC(C)C(=O)OC)c1cc(C)c([N+](=O)[O-])cn1. The minimum Gasteiger partial charge on any atom is -0.469 e. The van der Waals surface area contributed by atoms with Crippen molar-refractivity contribution in [3.05, 3.63) is 27.9 Å². The number of hydrogen-bond acceptors (Lipinski definition) is 6. The van der Waals surface area contributed by atoms with Crippen molar-refractivity contribution >= 4 is 17.5 Å². The van der Waals surface area contributed by atoms with Crippen molar-refractivity contribution in [3.63, 3.8) is 0 Å². The second-order valence-electron chi connectivity index (χ2n) is 4.55. The van der Waals surface area contributed by atoms with Crippen molar-refractivity contribution in [2.45, 2.75) is 20.8 Å². The van der Waals surface area contributed by atoms with Gasteiger partial charge in [0.15, 0.2) is 0 Å². The van der Waals surface area contributed by atoms with E-state index in [1.54, 1.807) is 19.9 Å². The lowest BCUT2D eigenvalue weighted by Crippen LogP contribution is -2.32. The molecule has 7 nitrogen and oxygen atoms in total. The zero-order valence-corrected chi connectivity index (χ0v) is 12.1. The molecule has 7 heteroatoms. The molecule has 0 bridgehead atoms. The van der Waals surface area contributed by atoms with Crippen molar-refractivity contribution in [2.75, 3.05) is 25.1 Å². The fourth-order valence-electron chi connectivity index (χ4n) is 1.89. The van der Waals surface area contributed by atoms with Gasteiger partial charge in [0.25, 0.3) is 5.69 Å². The molecule has 20 heavy (non-hydrogen) atoms. The van der Waals surface area contributed by atoms with Gasteiger partial charge in [-0.3, -0.25) is 14.9 Å². The van der Waals surface area contributed by atoms with E-state index < -0.39 is 4.92 Å². The number of anilines is 1. The van der Waals surface area contributed by atoms with E-state index in [2.05, 4.69) is 4.98 Å². The van der Waals surface area contributed by atoms with Gasteiger partial charge in [-0.15, -0.1) is 0 Å². The zero-order valence-electron chi connectivity index (χ0n) is 12.1. The summed E-state index contributed by atoms with van der Waals surface area (Å²) in [5.74, 6) is 0.0330. The third-order valence-corrected chi connectivity index (χ3v) is 3.07. The summed E-state index contributed by atoms with van der Waals surface area (Å²) in [6, 6.07) is 1.66. The monoisotopic (exact) mass is 281 g/mol. The smallest absolute Gasteiger partial charge is 0.310 e. The maximum atomic E-state index is 11.4. The number of esters is 1. The predicted octanol–water partition coefficient (Wildman–Crippen LogP) is 1.93. The number of rotatable bonds is 6. The Kier molecular flexibility index (Phi) is 5.42. The first kappa shape index (κ1) is 15.9. The highest BCUT2D eigenvalue weighted by atomic mass is 16.6. The topological polar surface area (TPSA) is 85.6 Å². The van der Waals surface area contributed by atoms with E-state index in [0.717, 1.165) is 0 Å². The number of pyridine rings is 1. The molecule has 0 N–H and O–H groups in total. The molecule has 0 radical (unpaired) electrons. The molecule has 0 saturated heterocycles. The Labute approximate surface area is 117 Å². The van der Waals surface area contributed by atoms with Crippen LogP contribution in [-0.2, 0) is 9.53 Å². The largest absolute Gasteiger partial charge is 0.469 e. The highest BCUT2D eigenvalue weighted by Crippen LogP contribution is 2.22. The van der Waals surface area contributed by atoms with Crippen LogP contribution in [0.1, 0.15) is 19.4 Å². The standard InChI is InChI=1S/C13H19N3O4/c1-5-15(8-10(3)13(17)20-4)12-6-9(2)11(7-14-12)16(18)19/h6-7,10H,5,8H2,1-4H3. The number of ether oxygens (including phenoxy) is 1. The van der Waals surface area contributed by atoms with Crippen molar-refractivity contribution in [2.24, 2.45) is 5.92 Å². The minimum absolute atomic E-state index is 0.00850. The lowest BCUT2D eigenvalue weighted by Gasteiger charge is -2.24. The van der Waals surface area contributed by atoms with Crippen LogP contribution in [0.4, 0.5) is 11.5 Å². The number of nitrogens with zero attached hydrogens (tertiary/aromatic N) is 3. The van der Waals surface area contributed by atoms with Crippen LogP contribution in [-0.4, -0.2) is 36.1 Å². The van der Waals surface area contributed by atoms with Crippen molar-refractivity contribution in [1.82, 2.24) is 4.98 Å². The second-order valence-corrected chi connectivity index (χ2v) is 4.55. The second kappa shape index (κ2) is 6.83. The fourth-order valence-corrected chi connectivity index (χ4v) is 1.89. The molecule has 1 rings (SSSR count). The number of hydrogen-bond donors (Lipinski definition) is 0. The lowest BCUT2D eigenvalue weighted by molar-refractivity contribution is -0.385. The van der Waals surface area contributed by atoms with Crippen LogP contribution < -0.4 is 4.90 Å². The van der Waals surface area contributed by atoms with E-state index >= 15 is 0 Å². The number of nitro groups is 1. The molecule has 0 saturated carbocycles. The maximum Gasteiger partial charge on any atom is 0.310 e. The van der Waals surface area contributed by atoms with Gasteiger partial charge in [-0.05, 0) is 19.9 Å². The van der Waals surface area contributed by atoms with Crippen LogP contribution in [0.25, 0.3) is 0 Å². The highest BCUT2D eigenvalue weighted by Gasteiger charge is 2.19. The summed E-state index contributed by atoms with van der Waals surface area (Å²) >= 11 is 0. The molecule has 0 fully saturated rings. The van der Waals surface area contributed by atoms with Crippen molar-refractivity contribution in [3.8, 4) is 0 Å². The van der Waals surface area contributed by atoms with E-state index in [-0.39, 0.29) is 17.6 Å². The van der Waals surface area contributed by atoms with E-state index in [1.165, 1.54) is 13.3 Å². The lowest BCUT2D eigenvalue weighted by atomic mass is 10.1. The van der Waals surface area contributed by atoms with Gasteiger partial charge < -0.3 is 9.64 Å². The van der Waals surface area contributed by atoms with Gasteiger partial charge in [0.1, 0.15) is 12.0 Å². The first-order chi connectivity index (χ1) is 9.40. The van der Waals surface area contributed by atoms with Gasteiger partial charge >= 0.3 is 5.97 Å². The Bertz CT molecular complexity index is 504. The van der Waals surface area contributed by atoms with Gasteiger partial charge in [0.2, 0.25) is 0 Å². The predicted molar refractivity (Wildman–Crippen MR) is 74.7 cm³/mol. The molecule has 0 aliphatic carbocycles. The summed E-state index contributed by atoms with van der Waals surface area (Å²) in [6.07, 6.45) is 1.25. The quantitative estimate of drug-likeness (QED) is 0.450. The van der Waals surface area contributed by atoms with Crippen LogP contribution in [0.2, 0.25) is 0 Å². The molecular formula is C13H19N3O4. The number of aryl methyl sites for hydroxylation is 1. The van der Waals surface area contributed by atoms with Gasteiger partial charge in [-0.25, -0.2) is 4.98 Å². The average molecular weight is 281 g/mol. The van der Waals surface area contributed by atoms with Crippen molar-refractivity contribution in [1.29, 1.82) is 0 Å². The number of carbonyl (C=O) groups excluding carboxylic acids is 1. The molecule has 0 aliphatic rings. The maximum absolute atomic E-state index is 11.4. The summed E-state index contributed by atoms with van der Waals surface area (Å²) in [5, 5.41) is 10.8. The Morgan fingerprint density at radius 3 is 2.70 bits per heavy atom. The van der Waals surface area contributed by atoms with E-state index in [4.69, 9.17) is 4.74 Å². The number of methoxy groups -OCH3 is 1. The van der Waals surface area contributed by atoms with Gasteiger partial charge in [-0.1, -0.05) is 6.92 Å². The fraction of sp³-hybridized carbons (Fsp3) is 0.538. The molecular weight excluding hydrogens is 262 g/mol. The van der Waals surface area contributed by atoms with E-state index in [1.807, 2.05) is 11.8 Å². The highest BCUT2D eigenvalue weighted by molar-refractivity contribution is 5.72. The third kappa shape index (κ3) is 3.66. The number of aromatic nitrogens is 1. The molecule has 0 spiro atoms. The summed E-state index contributed by atoms with van der Waals surface area (Å²) in [7, 11) is 1.35. The van der Waals surface area contributed by atoms with E-state index in [9.17, 15) is 14.9 Å². The Balaban J connectivity index is 2.93. The van der Waals surface area contributed by atoms with Crippen LogP contribution in [0.5, 0.6) is 0 Å². The van der Waals surface area contributed by atoms with Crippen LogP contribution in [0, 0.1) is 23.0 Å². The Morgan fingerprint density at radius 2 is 2.25 bits per heavy atom. The van der Waals surface area contributed by atoms with Crippen LogP contribution in [0.3, 0.4) is 0 Å². The molecule has 0 aliphatic heterocycles. The molecule has 0 amide bonds. The third-order valence-electron chi connectivity index (χ3n) is 3.07. The normalized spacial score (nSPS) is 11.8. The summed E-state index contributed by atoms with van der Waals surface area (Å²) < 4.78 is 4.69. The first-order valence-corrected chi connectivity index (χ1v) is 6.34. The van der Waals surface area contributed by atoms with Gasteiger partial charge in [0.05, 0.1) is 18.0 Å². The number of carbonyl (C=O) groups is 1. The Morgan fingerprint density at radius 1 is 1.60 bits per heavy atom. The van der Waals surface area contributed by atoms with Crippen LogP contribution >= 0.6 is 0 Å². The van der Waals surface area contributed by atoms with Crippen molar-refractivity contribution < 1.29 is 14.5 Å². The zero-order chi connectivity index (χ0) is 15.3. The summed E-state index contributed by atoms with van der Waals surface area (Å²) in [6.45, 7) is 6.47. The molecule has 110 valence electrons. The van der Waals surface area contributed by atoms with Crippen LogP contribution in [0.15, 0.2) is 12.3 Å². The summed E-state index contributed by atoms with van der Waals surface area (Å²) in [4.78, 5) is 27.7. The van der Waals surface area contributed by atoms with Gasteiger partial charge in [0, 0.05) is 18.7 Å². The molecule has 1 aromatic heterocycles. The van der Waals surface area contributed by atoms with Gasteiger partial charge in [-0.2, -0.15) is 0 Å². The average Bonchev–Trinajstić information content (AvgIpc) is 2.42. The molecule has 1 heterocycles. The minimum atomic E-state index is -0.459. The Hall–Kier alpha value is -2.18.